The maximum Gasteiger partial charge on any atom is 0.414 e. The summed E-state index contributed by atoms with van der Waals surface area (Å²) in [7, 11) is 3.15. The number of methoxy groups -OCH3 is 2. The average Bonchev–Trinajstić information content (AvgIpc) is 2.81. The Kier molecular flexibility index (Phi) is 10.5. The van der Waals surface area contributed by atoms with E-state index in [0.717, 1.165) is 30.4 Å². The number of aliphatic hydroxyl groups excluding tert-OH is 1. The van der Waals surface area contributed by atoms with Gasteiger partial charge in [-0.25, -0.2) is 4.79 Å². The van der Waals surface area contributed by atoms with Gasteiger partial charge in [-0.2, -0.15) is 0 Å². The molecule has 0 aromatic heterocycles. The Morgan fingerprint density at radius 1 is 1.18 bits per heavy atom. The molecule has 3 atom stereocenters. The fraction of sp³-hybridized carbons (Fsp3) is 0.519. The van der Waals surface area contributed by atoms with E-state index in [1.54, 1.807) is 32.1 Å². The summed E-state index contributed by atoms with van der Waals surface area (Å²) in [6.07, 6.45) is 12.6. The molecule has 1 N–H and O–H groups in total. The molecule has 0 aliphatic carbocycles. The molecule has 1 heterocycles. The highest BCUT2D eigenvalue weighted by atomic mass is 16.6. The zero-order valence-corrected chi connectivity index (χ0v) is 20.8. The summed E-state index contributed by atoms with van der Waals surface area (Å²) in [4.78, 5) is 14.5. The molecule has 0 fully saturated rings. The minimum Gasteiger partial charge on any atom is -0.493 e. The fourth-order valence-electron chi connectivity index (χ4n) is 4.33. The van der Waals surface area contributed by atoms with Gasteiger partial charge in [-0.3, -0.25) is 4.90 Å². The van der Waals surface area contributed by atoms with E-state index in [1.807, 2.05) is 32.1 Å². The Morgan fingerprint density at radius 3 is 2.45 bits per heavy atom. The molecule has 1 aromatic carbocycles. The minimum atomic E-state index is -0.716. The van der Waals surface area contributed by atoms with Crippen molar-refractivity contribution in [2.45, 2.75) is 71.4 Å². The lowest BCUT2D eigenvalue weighted by molar-refractivity contribution is 0.147. The molecule has 1 aromatic rings. The van der Waals surface area contributed by atoms with Crippen molar-refractivity contribution in [1.29, 1.82) is 0 Å². The summed E-state index contributed by atoms with van der Waals surface area (Å²) in [6.45, 7) is 8.14. The summed E-state index contributed by atoms with van der Waals surface area (Å²) in [5, 5.41) is 11.5. The largest absolute Gasteiger partial charge is 0.493 e. The zero-order valence-electron chi connectivity index (χ0n) is 20.8. The number of anilines is 1. The monoisotopic (exact) mass is 457 g/mol. The van der Waals surface area contributed by atoms with Gasteiger partial charge in [0.2, 0.25) is 0 Å². The lowest BCUT2D eigenvalue weighted by Gasteiger charge is -2.40. The van der Waals surface area contributed by atoms with Crippen molar-refractivity contribution in [3.63, 3.8) is 0 Å². The number of aliphatic hydroxyl groups is 1. The summed E-state index contributed by atoms with van der Waals surface area (Å²) < 4.78 is 16.4. The van der Waals surface area contributed by atoms with E-state index >= 15 is 0 Å². The van der Waals surface area contributed by atoms with Crippen LogP contribution >= 0.6 is 0 Å². The van der Waals surface area contributed by atoms with Gasteiger partial charge in [-0.05, 0) is 63.7 Å². The van der Waals surface area contributed by atoms with Gasteiger partial charge in [-0.1, -0.05) is 37.3 Å². The third-order valence-corrected chi connectivity index (χ3v) is 5.90. The normalized spacial score (nSPS) is 19.6. The van der Waals surface area contributed by atoms with Gasteiger partial charge in [0.1, 0.15) is 0 Å². The molecule has 2 rings (SSSR count). The number of fused-ring (bicyclic) bond motifs is 1. The van der Waals surface area contributed by atoms with Crippen LogP contribution in [0.25, 0.3) is 0 Å². The van der Waals surface area contributed by atoms with E-state index < -0.39 is 12.2 Å². The van der Waals surface area contributed by atoms with Gasteiger partial charge in [0.25, 0.3) is 0 Å². The zero-order chi connectivity index (χ0) is 24.4. The average molecular weight is 458 g/mol. The third kappa shape index (κ3) is 6.41. The Hall–Kier alpha value is -2.73. The van der Waals surface area contributed by atoms with Crippen LogP contribution in [-0.4, -0.2) is 44.2 Å². The van der Waals surface area contributed by atoms with Crippen molar-refractivity contribution in [1.82, 2.24) is 0 Å². The van der Waals surface area contributed by atoms with Crippen molar-refractivity contribution >= 4 is 11.8 Å². The van der Waals surface area contributed by atoms with E-state index in [1.165, 1.54) is 0 Å². The first-order valence-electron chi connectivity index (χ1n) is 11.8. The predicted octanol–water partition coefficient (Wildman–Crippen LogP) is 6.15. The first-order chi connectivity index (χ1) is 15.9. The maximum atomic E-state index is 12.8. The summed E-state index contributed by atoms with van der Waals surface area (Å²) in [6, 6.07) is 3.52. The maximum absolute atomic E-state index is 12.8. The topological polar surface area (TPSA) is 68.2 Å². The number of hydrogen-bond acceptors (Lipinski definition) is 5. The predicted molar refractivity (Wildman–Crippen MR) is 133 cm³/mol. The first-order valence-corrected chi connectivity index (χ1v) is 11.8. The van der Waals surface area contributed by atoms with Crippen molar-refractivity contribution in [2.75, 3.05) is 25.7 Å². The molecule has 0 saturated heterocycles. The highest BCUT2D eigenvalue weighted by molar-refractivity contribution is 5.91. The van der Waals surface area contributed by atoms with Crippen LogP contribution in [0.4, 0.5) is 10.5 Å². The van der Waals surface area contributed by atoms with Crippen molar-refractivity contribution in [2.24, 2.45) is 0 Å². The molecule has 1 amide bonds. The molecule has 3 unspecified atom stereocenters. The first kappa shape index (κ1) is 26.5. The number of carbonyl (C=O) groups excluding carboxylic acids is 1. The minimum absolute atomic E-state index is 0.157. The Labute approximate surface area is 198 Å². The van der Waals surface area contributed by atoms with Crippen LogP contribution < -0.4 is 14.4 Å². The van der Waals surface area contributed by atoms with E-state index in [2.05, 4.69) is 25.2 Å². The Bertz CT molecular complexity index is 874. The highest BCUT2D eigenvalue weighted by Crippen LogP contribution is 2.47. The van der Waals surface area contributed by atoms with Crippen LogP contribution in [0.15, 0.2) is 48.1 Å². The number of allylic oxidation sites excluding steroid dienone is 4. The number of hydrogen-bond donors (Lipinski definition) is 1. The second-order valence-electron chi connectivity index (χ2n) is 8.13. The van der Waals surface area contributed by atoms with E-state index in [0.29, 0.717) is 23.6 Å². The van der Waals surface area contributed by atoms with Crippen molar-refractivity contribution < 1.29 is 24.1 Å². The molecule has 0 bridgehead atoms. The number of benzene rings is 1. The van der Waals surface area contributed by atoms with E-state index in [4.69, 9.17) is 14.2 Å². The highest BCUT2D eigenvalue weighted by Gasteiger charge is 2.39. The second kappa shape index (κ2) is 13.1. The third-order valence-electron chi connectivity index (χ3n) is 5.90. The molecule has 182 valence electrons. The Balaban J connectivity index is 2.51. The summed E-state index contributed by atoms with van der Waals surface area (Å²) in [5.41, 5.74) is 2.41. The van der Waals surface area contributed by atoms with E-state index in [9.17, 15) is 9.90 Å². The smallest absolute Gasteiger partial charge is 0.414 e. The molecular weight excluding hydrogens is 418 g/mol. The molecule has 6 heteroatoms. The van der Waals surface area contributed by atoms with Crippen molar-refractivity contribution in [3.8, 4) is 11.5 Å². The van der Waals surface area contributed by atoms with E-state index in [-0.39, 0.29) is 18.6 Å². The molecular formula is C27H39NO5. The van der Waals surface area contributed by atoms with Gasteiger partial charge < -0.3 is 19.3 Å². The van der Waals surface area contributed by atoms with Crippen LogP contribution in [0.5, 0.6) is 11.5 Å². The van der Waals surface area contributed by atoms with Crippen LogP contribution in [0, 0.1) is 0 Å². The van der Waals surface area contributed by atoms with Gasteiger partial charge in [0.05, 0.1) is 32.6 Å². The van der Waals surface area contributed by atoms with Crippen LogP contribution in [0.2, 0.25) is 0 Å². The summed E-state index contributed by atoms with van der Waals surface area (Å²) >= 11 is 0. The SMILES string of the molecule is C/C=C\CCC=CC(=CCC)C(O)C1CC(C)N(C(=O)OCC)c2cc(OC)c(OC)cc21. The molecule has 6 nitrogen and oxygen atoms in total. The van der Waals surface area contributed by atoms with Gasteiger partial charge >= 0.3 is 6.09 Å². The molecule has 0 spiro atoms. The summed E-state index contributed by atoms with van der Waals surface area (Å²) in [5.74, 6) is 0.884. The molecule has 0 saturated carbocycles. The molecule has 33 heavy (non-hydrogen) atoms. The second-order valence-corrected chi connectivity index (χ2v) is 8.13. The number of amides is 1. The molecule has 1 aliphatic rings. The van der Waals surface area contributed by atoms with Crippen molar-refractivity contribution in [3.05, 3.63) is 53.6 Å². The van der Waals surface area contributed by atoms with Crippen LogP contribution in [0.3, 0.4) is 0 Å². The molecule has 1 aliphatic heterocycles. The number of unbranched alkanes of at least 4 members (excludes halogenated alkanes) is 1. The fourth-order valence-corrected chi connectivity index (χ4v) is 4.33. The van der Waals surface area contributed by atoms with Gasteiger partial charge in [-0.15, -0.1) is 0 Å². The number of ether oxygens (including phenoxy) is 3. The number of rotatable bonds is 10. The lowest BCUT2D eigenvalue weighted by Crippen LogP contribution is -2.45. The quantitative estimate of drug-likeness (QED) is 0.259. The number of nitrogens with zero attached hydrogens (tertiary/aromatic N) is 1. The molecule has 0 radical (unpaired) electrons. The Morgan fingerprint density at radius 2 is 1.85 bits per heavy atom. The van der Waals surface area contributed by atoms with Gasteiger partial charge in [0.15, 0.2) is 11.5 Å². The van der Waals surface area contributed by atoms with Crippen LogP contribution in [-0.2, 0) is 4.74 Å². The standard InChI is InChI=1S/C27H39NO5/c1-7-10-11-12-13-15-20(14-8-2)26(29)22-16-19(4)28(27(30)33-9-3)23-18-25(32-6)24(31-5)17-21(22)23/h7,10,13-15,17-19,22,26,29H,8-9,11-12,16H2,1-6H3/b10-7-,15-13?,20-14?. The van der Waals surface area contributed by atoms with Gasteiger partial charge in [0, 0.05) is 18.0 Å². The number of carbonyl (C=O) groups is 1. The van der Waals surface area contributed by atoms with Crippen LogP contribution in [0.1, 0.15) is 64.9 Å². The lowest BCUT2D eigenvalue weighted by atomic mass is 9.79.